The van der Waals surface area contributed by atoms with Gasteiger partial charge in [-0.25, -0.2) is 15.0 Å². The minimum Gasteiger partial charge on any atom is -0.309 e. The van der Waals surface area contributed by atoms with Crippen LogP contribution in [0, 0.1) is 13.8 Å². The van der Waals surface area contributed by atoms with Crippen LogP contribution in [0.15, 0.2) is 231 Å². The van der Waals surface area contributed by atoms with Crippen LogP contribution in [0.5, 0.6) is 0 Å². The smallest absolute Gasteiger partial charge is 0.164 e. The number of nitrogens with zero attached hydrogens (tertiary/aromatic N) is 6. The van der Waals surface area contributed by atoms with Crippen molar-refractivity contribution in [1.82, 2.24) is 29.1 Å². The average Bonchev–Trinajstić information content (AvgIpc) is 3.93. The van der Waals surface area contributed by atoms with E-state index in [0.29, 0.717) is 17.5 Å². The molecule has 0 fully saturated rings. The van der Waals surface area contributed by atoms with Gasteiger partial charge in [-0.1, -0.05) is 181 Å². The van der Waals surface area contributed by atoms with E-state index in [0.717, 1.165) is 61.3 Å². The molecule has 70 heavy (non-hydrogen) atoms. The number of fused-ring (bicyclic) bond motifs is 6. The second kappa shape index (κ2) is 16.8. The summed E-state index contributed by atoms with van der Waals surface area (Å²) >= 11 is 0. The summed E-state index contributed by atoms with van der Waals surface area (Å²) in [7, 11) is 0. The maximum atomic E-state index is 5.21. The number of pyridine rings is 1. The summed E-state index contributed by atoms with van der Waals surface area (Å²) in [6.45, 7) is 4.30. The molecule has 0 unspecified atom stereocenters. The summed E-state index contributed by atoms with van der Waals surface area (Å²) in [5.41, 5.74) is 18.4. The largest absolute Gasteiger partial charge is 0.309 e. The Morgan fingerprint density at radius 2 is 0.743 bits per heavy atom. The summed E-state index contributed by atoms with van der Waals surface area (Å²) in [6, 6.07) is 77.7. The van der Waals surface area contributed by atoms with E-state index in [9.17, 15) is 0 Å². The molecular formula is C64H44N6. The SMILES string of the molecule is Cc1cccc(-c2ccc3c(c2)c2ccccc2n3-c2ccncc2-c2ccc(-c3nc(-c4ccccc4)nc(-c4ccccc4)n3)cc2-n2c3ccccc3c3cc(-c4cccc(C)c4)ccc32)c1. The van der Waals surface area contributed by atoms with Gasteiger partial charge < -0.3 is 9.13 Å². The van der Waals surface area contributed by atoms with Gasteiger partial charge in [0.1, 0.15) is 0 Å². The fourth-order valence-electron chi connectivity index (χ4n) is 10.3. The molecule has 13 aromatic rings. The Kier molecular flexibility index (Phi) is 9.84. The minimum absolute atomic E-state index is 0.584. The highest BCUT2D eigenvalue weighted by Crippen LogP contribution is 2.43. The third kappa shape index (κ3) is 7.04. The molecule has 0 radical (unpaired) electrons. The molecule has 9 aromatic carbocycles. The Bertz CT molecular complexity index is 4090. The molecular weight excluding hydrogens is 853 g/mol. The zero-order chi connectivity index (χ0) is 46.7. The third-order valence-electron chi connectivity index (χ3n) is 13.6. The Morgan fingerprint density at radius 1 is 0.300 bits per heavy atom. The average molecular weight is 897 g/mol. The van der Waals surface area contributed by atoms with E-state index < -0.39 is 0 Å². The van der Waals surface area contributed by atoms with Crippen LogP contribution in [0.2, 0.25) is 0 Å². The van der Waals surface area contributed by atoms with Gasteiger partial charge in [-0.05, 0) is 84.6 Å². The zero-order valence-electron chi connectivity index (χ0n) is 38.6. The van der Waals surface area contributed by atoms with Crippen molar-refractivity contribution >= 4 is 43.6 Å². The summed E-state index contributed by atoms with van der Waals surface area (Å²) in [6.07, 6.45) is 3.92. The molecule has 0 amide bonds. The minimum atomic E-state index is 0.584. The maximum absolute atomic E-state index is 5.21. The van der Waals surface area contributed by atoms with E-state index in [1.165, 1.54) is 54.9 Å². The molecule has 0 bridgehead atoms. The van der Waals surface area contributed by atoms with Gasteiger partial charge in [0.15, 0.2) is 17.5 Å². The molecule has 0 N–H and O–H groups in total. The Labute approximate surface area is 405 Å². The standard InChI is InChI=1S/C64H44N6/c1-41-15-13-21-45(35-41)47-28-31-58-53(37-47)50-23-9-11-25-56(50)69(58)60-33-34-65-40-55(60)52-30-27-49(64-67-62(43-17-5-3-6-18-43)66-63(68-64)44-19-7-4-8-20-44)39-61(52)70-57-26-12-10-24-51(57)54-38-48(29-32-59(54)70)46-22-14-16-42(2)36-46/h3-40H,1-2H3. The topological polar surface area (TPSA) is 61.4 Å². The summed E-state index contributed by atoms with van der Waals surface area (Å²) in [4.78, 5) is 20.3. The normalized spacial score (nSPS) is 11.6. The number of rotatable bonds is 8. The van der Waals surface area contributed by atoms with Crippen LogP contribution in [0.4, 0.5) is 0 Å². The second-order valence-corrected chi connectivity index (χ2v) is 18.1. The summed E-state index contributed by atoms with van der Waals surface area (Å²) in [5, 5.41) is 4.72. The molecule has 0 atom stereocenters. The Hall–Kier alpha value is -9.26. The molecule has 0 aliphatic heterocycles. The predicted octanol–water partition coefficient (Wildman–Crippen LogP) is 16.1. The van der Waals surface area contributed by atoms with Crippen LogP contribution >= 0.6 is 0 Å². The van der Waals surface area contributed by atoms with Gasteiger partial charge in [0.05, 0.1) is 33.4 Å². The van der Waals surface area contributed by atoms with Crippen LogP contribution in [0.3, 0.4) is 0 Å². The van der Waals surface area contributed by atoms with Gasteiger partial charge in [-0.2, -0.15) is 0 Å². The Morgan fingerprint density at radius 3 is 1.29 bits per heavy atom. The fourth-order valence-corrected chi connectivity index (χ4v) is 10.3. The van der Waals surface area contributed by atoms with Gasteiger partial charge in [-0.15, -0.1) is 0 Å². The first kappa shape index (κ1) is 41.0. The van der Waals surface area contributed by atoms with Crippen molar-refractivity contribution in [3.05, 3.63) is 242 Å². The molecule has 4 heterocycles. The first-order chi connectivity index (χ1) is 34.5. The molecule has 0 spiro atoms. The van der Waals surface area contributed by atoms with Gasteiger partial charge in [0.25, 0.3) is 0 Å². The van der Waals surface area contributed by atoms with Crippen molar-refractivity contribution in [3.8, 4) is 78.9 Å². The number of hydrogen-bond donors (Lipinski definition) is 0. The quantitative estimate of drug-likeness (QED) is 0.152. The lowest BCUT2D eigenvalue weighted by Crippen LogP contribution is -2.04. The van der Waals surface area contributed by atoms with Crippen LogP contribution in [0.25, 0.3) is 123 Å². The number of benzene rings is 9. The predicted molar refractivity (Wildman–Crippen MR) is 288 cm³/mol. The van der Waals surface area contributed by atoms with Crippen molar-refractivity contribution in [1.29, 1.82) is 0 Å². The van der Waals surface area contributed by atoms with Crippen LogP contribution < -0.4 is 0 Å². The number of para-hydroxylation sites is 2. The van der Waals surface area contributed by atoms with Crippen LogP contribution in [-0.4, -0.2) is 29.1 Å². The van der Waals surface area contributed by atoms with E-state index in [1.807, 2.05) is 73.1 Å². The van der Waals surface area contributed by atoms with Gasteiger partial charge in [0.2, 0.25) is 0 Å². The molecule has 0 aliphatic carbocycles. The lowest BCUT2D eigenvalue weighted by Gasteiger charge is -2.19. The second-order valence-electron chi connectivity index (χ2n) is 18.1. The summed E-state index contributed by atoms with van der Waals surface area (Å²) in [5.74, 6) is 1.81. The lowest BCUT2D eigenvalue weighted by molar-refractivity contribution is 1.07. The molecule has 330 valence electrons. The van der Waals surface area contributed by atoms with Crippen LogP contribution in [-0.2, 0) is 0 Å². The number of hydrogen-bond acceptors (Lipinski definition) is 4. The molecule has 0 saturated heterocycles. The highest BCUT2D eigenvalue weighted by molar-refractivity contribution is 6.13. The first-order valence-corrected chi connectivity index (χ1v) is 23.7. The van der Waals surface area contributed by atoms with E-state index in [-0.39, 0.29) is 0 Å². The third-order valence-corrected chi connectivity index (χ3v) is 13.6. The lowest BCUT2D eigenvalue weighted by atomic mass is 9.99. The monoisotopic (exact) mass is 896 g/mol. The molecule has 0 aliphatic rings. The molecule has 0 saturated carbocycles. The molecule has 13 rings (SSSR count). The summed E-state index contributed by atoms with van der Waals surface area (Å²) < 4.78 is 4.82. The maximum Gasteiger partial charge on any atom is 0.164 e. The van der Waals surface area contributed by atoms with E-state index in [1.54, 1.807) is 0 Å². The van der Waals surface area contributed by atoms with E-state index in [4.69, 9.17) is 19.9 Å². The van der Waals surface area contributed by atoms with E-state index in [2.05, 4.69) is 181 Å². The van der Waals surface area contributed by atoms with Gasteiger partial charge >= 0.3 is 0 Å². The highest BCUT2D eigenvalue weighted by atomic mass is 15.0. The van der Waals surface area contributed by atoms with Gasteiger partial charge in [0, 0.05) is 61.8 Å². The first-order valence-electron chi connectivity index (χ1n) is 23.7. The fraction of sp³-hybridized carbons (Fsp3) is 0.0312. The zero-order valence-corrected chi connectivity index (χ0v) is 38.6. The van der Waals surface area contributed by atoms with Crippen molar-refractivity contribution in [2.24, 2.45) is 0 Å². The van der Waals surface area contributed by atoms with Crippen molar-refractivity contribution in [2.75, 3.05) is 0 Å². The Balaban J connectivity index is 1.08. The van der Waals surface area contributed by atoms with Gasteiger partial charge in [-0.3, -0.25) is 4.98 Å². The van der Waals surface area contributed by atoms with Crippen molar-refractivity contribution in [3.63, 3.8) is 0 Å². The molecule has 6 nitrogen and oxygen atoms in total. The van der Waals surface area contributed by atoms with E-state index >= 15 is 0 Å². The molecule has 4 aromatic heterocycles. The van der Waals surface area contributed by atoms with Crippen LogP contribution in [0.1, 0.15) is 11.1 Å². The highest BCUT2D eigenvalue weighted by Gasteiger charge is 2.23. The number of aromatic nitrogens is 6. The molecule has 6 heteroatoms. The number of aryl methyl sites for hydroxylation is 2. The van der Waals surface area contributed by atoms with Crippen molar-refractivity contribution < 1.29 is 0 Å². The van der Waals surface area contributed by atoms with Crippen molar-refractivity contribution in [2.45, 2.75) is 13.8 Å².